The molecule has 0 aliphatic carbocycles. The minimum Gasteiger partial charge on any atom is -0.485 e. The van der Waals surface area contributed by atoms with Gasteiger partial charge in [-0.3, -0.25) is 4.79 Å². The minimum absolute atomic E-state index is 0.0534. The highest BCUT2D eigenvalue weighted by atomic mass is 16.6. The van der Waals surface area contributed by atoms with E-state index < -0.39 is 12.1 Å². The fourth-order valence-electron chi connectivity index (χ4n) is 1.95. The quantitative estimate of drug-likeness (QED) is 0.875. The third-order valence-corrected chi connectivity index (χ3v) is 2.89. The van der Waals surface area contributed by atoms with Crippen LogP contribution in [0, 0.1) is 0 Å². The fraction of sp³-hybridized carbons (Fsp3) is 0.333. The van der Waals surface area contributed by atoms with Crippen LogP contribution in [0.15, 0.2) is 24.3 Å². The number of aromatic nitrogens is 4. The molecule has 1 atom stereocenters. The second-order valence-corrected chi connectivity index (χ2v) is 4.27. The summed E-state index contributed by atoms with van der Waals surface area (Å²) in [5, 5.41) is 19.9. The largest absolute Gasteiger partial charge is 0.485 e. The average Bonchev–Trinajstić information content (AvgIpc) is 2.93. The van der Waals surface area contributed by atoms with Gasteiger partial charge < -0.3 is 14.6 Å². The van der Waals surface area contributed by atoms with Crippen molar-refractivity contribution in [3.05, 3.63) is 30.1 Å². The van der Waals surface area contributed by atoms with Gasteiger partial charge in [-0.2, -0.15) is 0 Å². The second-order valence-electron chi connectivity index (χ2n) is 4.27. The van der Waals surface area contributed by atoms with Crippen molar-refractivity contribution in [1.29, 1.82) is 0 Å². The maximum Gasteiger partial charge on any atom is 0.305 e. The SMILES string of the molecule is O=C(O)CCn1nnnc1C1COc2ccccc2O1. The molecule has 1 aliphatic rings. The van der Waals surface area contributed by atoms with Crippen LogP contribution in [0.2, 0.25) is 0 Å². The lowest BCUT2D eigenvalue weighted by Crippen LogP contribution is -2.25. The summed E-state index contributed by atoms with van der Waals surface area (Å²) in [6, 6.07) is 7.32. The highest BCUT2D eigenvalue weighted by Crippen LogP contribution is 2.35. The molecule has 1 aliphatic heterocycles. The number of hydrogen-bond acceptors (Lipinski definition) is 6. The van der Waals surface area contributed by atoms with Crippen LogP contribution in [0.1, 0.15) is 18.3 Å². The van der Waals surface area contributed by atoms with Gasteiger partial charge in [0, 0.05) is 0 Å². The molecule has 0 bridgehead atoms. The smallest absolute Gasteiger partial charge is 0.305 e. The Bertz CT molecular complexity index is 627. The molecule has 1 aromatic carbocycles. The predicted octanol–water partition coefficient (Wildman–Crippen LogP) is 0.660. The summed E-state index contributed by atoms with van der Waals surface area (Å²) in [6.45, 7) is 0.476. The van der Waals surface area contributed by atoms with Gasteiger partial charge in [0.2, 0.25) is 0 Å². The van der Waals surface area contributed by atoms with Crippen molar-refractivity contribution in [1.82, 2.24) is 20.2 Å². The second kappa shape index (κ2) is 5.16. The van der Waals surface area contributed by atoms with Gasteiger partial charge in [0.1, 0.15) is 6.61 Å². The van der Waals surface area contributed by atoms with Crippen LogP contribution >= 0.6 is 0 Å². The van der Waals surface area contributed by atoms with Gasteiger partial charge in [0.25, 0.3) is 0 Å². The third kappa shape index (κ3) is 2.40. The first-order chi connectivity index (χ1) is 9.74. The van der Waals surface area contributed by atoms with Crippen LogP contribution in [0.5, 0.6) is 11.5 Å². The topological polar surface area (TPSA) is 99.4 Å². The molecule has 104 valence electrons. The van der Waals surface area contributed by atoms with E-state index in [9.17, 15) is 4.79 Å². The Morgan fingerprint density at radius 2 is 2.20 bits per heavy atom. The molecule has 0 saturated heterocycles. The number of hydrogen-bond donors (Lipinski definition) is 1. The Labute approximate surface area is 113 Å². The number of fused-ring (bicyclic) bond motifs is 1. The van der Waals surface area contributed by atoms with Crippen LogP contribution in [0.3, 0.4) is 0 Å². The highest BCUT2D eigenvalue weighted by molar-refractivity contribution is 5.66. The predicted molar refractivity (Wildman–Crippen MR) is 65.4 cm³/mol. The summed E-state index contributed by atoms with van der Waals surface area (Å²) >= 11 is 0. The van der Waals surface area contributed by atoms with Gasteiger partial charge in [0.05, 0.1) is 13.0 Å². The van der Waals surface area contributed by atoms with Crippen LogP contribution in [-0.2, 0) is 11.3 Å². The number of ether oxygens (including phenoxy) is 2. The molecule has 0 radical (unpaired) electrons. The minimum atomic E-state index is -0.905. The standard InChI is InChI=1S/C12H12N4O4/c17-11(18)5-6-16-12(13-14-15-16)10-7-19-8-3-1-2-4-9(8)20-10/h1-4,10H,5-7H2,(H,17,18). The van der Waals surface area contributed by atoms with Gasteiger partial charge in [-0.1, -0.05) is 12.1 Å². The zero-order chi connectivity index (χ0) is 13.9. The molecule has 0 spiro atoms. The zero-order valence-corrected chi connectivity index (χ0v) is 10.5. The van der Waals surface area contributed by atoms with E-state index in [2.05, 4.69) is 15.5 Å². The molecule has 1 N–H and O–H groups in total. The van der Waals surface area contributed by atoms with Crippen LogP contribution < -0.4 is 9.47 Å². The van der Waals surface area contributed by atoms with Gasteiger partial charge in [0.15, 0.2) is 23.4 Å². The molecule has 0 amide bonds. The average molecular weight is 276 g/mol. The van der Waals surface area contributed by atoms with E-state index in [1.54, 1.807) is 6.07 Å². The Morgan fingerprint density at radius 1 is 1.40 bits per heavy atom. The van der Waals surface area contributed by atoms with E-state index in [0.29, 0.717) is 17.3 Å². The summed E-state index contributed by atoms with van der Waals surface area (Å²) in [5.41, 5.74) is 0. The zero-order valence-electron chi connectivity index (χ0n) is 10.5. The van der Waals surface area contributed by atoms with E-state index in [-0.39, 0.29) is 19.6 Å². The number of carboxylic acids is 1. The summed E-state index contributed by atoms with van der Waals surface area (Å²) < 4.78 is 12.8. The number of rotatable bonds is 4. The highest BCUT2D eigenvalue weighted by Gasteiger charge is 2.27. The summed E-state index contributed by atoms with van der Waals surface area (Å²) in [4.78, 5) is 10.6. The molecule has 8 heteroatoms. The van der Waals surface area contributed by atoms with Crippen molar-refractivity contribution in [2.75, 3.05) is 6.61 Å². The number of carboxylic acid groups (broad SMARTS) is 1. The van der Waals surface area contributed by atoms with Crippen molar-refractivity contribution < 1.29 is 19.4 Å². The van der Waals surface area contributed by atoms with E-state index in [1.165, 1.54) is 4.68 Å². The molecule has 20 heavy (non-hydrogen) atoms. The number of nitrogens with zero attached hydrogens (tertiary/aromatic N) is 4. The number of tetrazole rings is 1. The molecule has 0 fully saturated rings. The van der Waals surface area contributed by atoms with Crippen molar-refractivity contribution >= 4 is 5.97 Å². The maximum atomic E-state index is 10.6. The first-order valence-corrected chi connectivity index (χ1v) is 6.10. The third-order valence-electron chi connectivity index (χ3n) is 2.89. The lowest BCUT2D eigenvalue weighted by atomic mass is 10.2. The van der Waals surface area contributed by atoms with Crippen molar-refractivity contribution in [3.8, 4) is 11.5 Å². The molecule has 1 unspecified atom stereocenters. The monoisotopic (exact) mass is 276 g/mol. The fourth-order valence-corrected chi connectivity index (χ4v) is 1.95. The van der Waals surface area contributed by atoms with E-state index in [1.807, 2.05) is 18.2 Å². The Hall–Kier alpha value is -2.64. The van der Waals surface area contributed by atoms with Gasteiger partial charge in [-0.05, 0) is 22.6 Å². The molecule has 0 saturated carbocycles. The van der Waals surface area contributed by atoms with Crippen LogP contribution in [0.25, 0.3) is 0 Å². The molecular weight excluding hydrogens is 264 g/mol. The molecule has 3 rings (SSSR count). The van der Waals surface area contributed by atoms with Gasteiger partial charge in [-0.15, -0.1) is 5.10 Å². The first-order valence-electron chi connectivity index (χ1n) is 6.10. The number of para-hydroxylation sites is 2. The van der Waals surface area contributed by atoms with E-state index in [4.69, 9.17) is 14.6 Å². The lowest BCUT2D eigenvalue weighted by molar-refractivity contribution is -0.137. The van der Waals surface area contributed by atoms with Gasteiger partial charge >= 0.3 is 5.97 Å². The van der Waals surface area contributed by atoms with E-state index in [0.717, 1.165) is 0 Å². The Kier molecular flexibility index (Phi) is 3.20. The Morgan fingerprint density at radius 3 is 3.00 bits per heavy atom. The van der Waals surface area contributed by atoms with Crippen molar-refractivity contribution in [2.24, 2.45) is 0 Å². The number of aryl methyl sites for hydroxylation is 1. The van der Waals surface area contributed by atoms with Crippen molar-refractivity contribution in [2.45, 2.75) is 19.1 Å². The lowest BCUT2D eigenvalue weighted by Gasteiger charge is -2.25. The molecule has 2 aromatic rings. The summed E-state index contributed by atoms with van der Waals surface area (Å²) in [6.07, 6.45) is -0.504. The van der Waals surface area contributed by atoms with Crippen LogP contribution in [-0.4, -0.2) is 37.9 Å². The van der Waals surface area contributed by atoms with Gasteiger partial charge in [-0.25, -0.2) is 4.68 Å². The molecule has 2 heterocycles. The Balaban J connectivity index is 1.78. The summed E-state index contributed by atoms with van der Waals surface area (Å²) in [7, 11) is 0. The molecule has 1 aromatic heterocycles. The summed E-state index contributed by atoms with van der Waals surface area (Å²) in [5.74, 6) is 0.850. The van der Waals surface area contributed by atoms with Crippen molar-refractivity contribution in [3.63, 3.8) is 0 Å². The number of benzene rings is 1. The molecular formula is C12H12N4O4. The number of aliphatic carboxylic acids is 1. The number of carbonyl (C=O) groups is 1. The normalized spacial score (nSPS) is 16.9. The first kappa shape index (κ1) is 12.4. The van der Waals surface area contributed by atoms with E-state index >= 15 is 0 Å². The molecule has 8 nitrogen and oxygen atoms in total. The van der Waals surface area contributed by atoms with Crippen LogP contribution in [0.4, 0.5) is 0 Å². The maximum absolute atomic E-state index is 10.6.